The molecule has 28 heavy (non-hydrogen) atoms. The van der Waals surface area contributed by atoms with Crippen LogP contribution in [-0.2, 0) is 12.8 Å². The summed E-state index contributed by atoms with van der Waals surface area (Å²) in [6.45, 7) is 2.83. The molecule has 1 aliphatic heterocycles. The largest absolute Gasteiger partial charge is 0.493 e. The number of anilines is 1. The first-order valence-corrected chi connectivity index (χ1v) is 9.81. The molecule has 4 rings (SSSR count). The Morgan fingerprint density at radius 2 is 1.68 bits per heavy atom. The Labute approximate surface area is 165 Å². The summed E-state index contributed by atoms with van der Waals surface area (Å²) in [6.07, 6.45) is 4.56. The van der Waals surface area contributed by atoms with Crippen molar-refractivity contribution in [3.63, 3.8) is 0 Å². The highest BCUT2D eigenvalue weighted by atomic mass is 16.5. The number of aromatic nitrogens is 2. The van der Waals surface area contributed by atoms with Gasteiger partial charge in [0.2, 0.25) is 0 Å². The van der Waals surface area contributed by atoms with Gasteiger partial charge >= 0.3 is 0 Å². The van der Waals surface area contributed by atoms with Crippen LogP contribution in [-0.4, -0.2) is 61.4 Å². The van der Waals surface area contributed by atoms with Crippen molar-refractivity contribution in [3.05, 3.63) is 41.1 Å². The number of nitrogens with zero attached hydrogens (tertiary/aromatic N) is 4. The molecule has 148 valence electrons. The van der Waals surface area contributed by atoms with E-state index in [9.17, 15) is 4.79 Å². The Hall–Kier alpha value is -2.83. The zero-order chi connectivity index (χ0) is 19.5. The number of benzene rings is 1. The molecule has 0 radical (unpaired) electrons. The lowest BCUT2D eigenvalue weighted by Crippen LogP contribution is -2.49. The Kier molecular flexibility index (Phi) is 5.32. The van der Waals surface area contributed by atoms with Crippen LogP contribution in [0.25, 0.3) is 0 Å². The molecule has 0 unspecified atom stereocenters. The summed E-state index contributed by atoms with van der Waals surface area (Å²) in [5.41, 5.74) is 3.09. The molecule has 0 spiro atoms. The molecule has 7 nitrogen and oxygen atoms in total. The van der Waals surface area contributed by atoms with E-state index in [2.05, 4.69) is 21.2 Å². The highest BCUT2D eigenvalue weighted by Crippen LogP contribution is 2.28. The van der Waals surface area contributed by atoms with Gasteiger partial charge in [-0.2, -0.15) is 5.10 Å². The van der Waals surface area contributed by atoms with Crippen molar-refractivity contribution in [1.82, 2.24) is 15.1 Å². The predicted molar refractivity (Wildman–Crippen MR) is 106 cm³/mol. The number of methoxy groups -OCH3 is 2. The molecule has 1 fully saturated rings. The first-order chi connectivity index (χ1) is 13.7. The Bertz CT molecular complexity index is 863. The fourth-order valence-electron chi connectivity index (χ4n) is 3.92. The summed E-state index contributed by atoms with van der Waals surface area (Å²) in [6, 6.07) is 7.48. The number of carbonyl (C=O) groups is 1. The van der Waals surface area contributed by atoms with Crippen LogP contribution in [0.1, 0.15) is 34.5 Å². The predicted octanol–water partition coefficient (Wildman–Crippen LogP) is 2.33. The van der Waals surface area contributed by atoms with Gasteiger partial charge in [-0.15, -0.1) is 5.10 Å². The highest BCUT2D eigenvalue weighted by Gasteiger charge is 2.24. The lowest BCUT2D eigenvalue weighted by molar-refractivity contribution is 0.0746. The molecule has 0 bridgehead atoms. The molecule has 2 aliphatic rings. The second kappa shape index (κ2) is 8.04. The lowest BCUT2D eigenvalue weighted by atomic mass is 9.97. The molecule has 7 heteroatoms. The summed E-state index contributed by atoms with van der Waals surface area (Å²) < 4.78 is 10.6. The van der Waals surface area contributed by atoms with E-state index in [0.717, 1.165) is 37.4 Å². The van der Waals surface area contributed by atoms with E-state index in [4.69, 9.17) is 9.47 Å². The standard InChI is InChI=1S/C21H26N4O3/c1-27-18-8-7-16(13-19(18)28-2)21(26)25-11-9-24(10-12-25)20-14-15-5-3-4-6-17(15)22-23-20/h7-8,13-14H,3-6,9-12H2,1-2H3. The van der Waals surface area contributed by atoms with Gasteiger partial charge in [0.25, 0.3) is 5.91 Å². The number of carbonyl (C=O) groups excluding carboxylic acids is 1. The number of fused-ring (bicyclic) bond motifs is 1. The zero-order valence-electron chi connectivity index (χ0n) is 16.5. The number of amides is 1. The minimum Gasteiger partial charge on any atom is -0.493 e. The number of aryl methyl sites for hydroxylation is 2. The monoisotopic (exact) mass is 382 g/mol. The van der Waals surface area contributed by atoms with E-state index in [1.165, 1.54) is 18.4 Å². The third kappa shape index (κ3) is 3.61. The Morgan fingerprint density at radius 1 is 0.929 bits per heavy atom. The molecule has 0 N–H and O–H groups in total. The molecule has 2 aromatic rings. The molecule has 1 aliphatic carbocycles. The maximum Gasteiger partial charge on any atom is 0.254 e. The molecule has 1 aromatic heterocycles. The van der Waals surface area contributed by atoms with Gasteiger partial charge in [-0.25, -0.2) is 0 Å². The lowest BCUT2D eigenvalue weighted by Gasteiger charge is -2.35. The van der Waals surface area contributed by atoms with Gasteiger partial charge in [-0.05, 0) is 55.5 Å². The van der Waals surface area contributed by atoms with Crippen LogP contribution in [0.3, 0.4) is 0 Å². The first-order valence-electron chi connectivity index (χ1n) is 9.81. The molecular weight excluding hydrogens is 356 g/mol. The molecule has 1 amide bonds. The number of piperazine rings is 1. The number of hydrogen-bond donors (Lipinski definition) is 0. The van der Waals surface area contributed by atoms with Gasteiger partial charge in [-0.1, -0.05) is 0 Å². The maximum absolute atomic E-state index is 12.9. The van der Waals surface area contributed by atoms with Crippen molar-refractivity contribution in [3.8, 4) is 11.5 Å². The van der Waals surface area contributed by atoms with Gasteiger partial charge < -0.3 is 19.3 Å². The van der Waals surface area contributed by atoms with Crippen molar-refractivity contribution in [2.75, 3.05) is 45.3 Å². The summed E-state index contributed by atoms with van der Waals surface area (Å²) in [7, 11) is 3.16. The smallest absolute Gasteiger partial charge is 0.254 e. The Morgan fingerprint density at radius 3 is 2.43 bits per heavy atom. The number of ether oxygens (including phenoxy) is 2. The fourth-order valence-corrected chi connectivity index (χ4v) is 3.92. The van der Waals surface area contributed by atoms with Gasteiger partial charge in [0.1, 0.15) is 0 Å². The van der Waals surface area contributed by atoms with Crippen LogP contribution >= 0.6 is 0 Å². The van der Waals surface area contributed by atoms with E-state index in [0.29, 0.717) is 30.2 Å². The molecule has 0 saturated carbocycles. The third-order valence-corrected chi connectivity index (χ3v) is 5.58. The van der Waals surface area contributed by atoms with Crippen molar-refractivity contribution in [2.24, 2.45) is 0 Å². The van der Waals surface area contributed by atoms with Crippen molar-refractivity contribution in [2.45, 2.75) is 25.7 Å². The quantitative estimate of drug-likeness (QED) is 0.809. The van der Waals surface area contributed by atoms with Crippen LogP contribution in [0.4, 0.5) is 5.82 Å². The number of rotatable bonds is 4. The first kappa shape index (κ1) is 18.5. The molecule has 1 saturated heterocycles. The van der Waals surface area contributed by atoms with Crippen LogP contribution in [0.2, 0.25) is 0 Å². The van der Waals surface area contributed by atoms with E-state index in [-0.39, 0.29) is 5.91 Å². The van der Waals surface area contributed by atoms with Gasteiger partial charge in [0.05, 0.1) is 19.9 Å². The topological polar surface area (TPSA) is 67.8 Å². The zero-order valence-corrected chi connectivity index (χ0v) is 16.5. The van der Waals surface area contributed by atoms with Crippen LogP contribution in [0.15, 0.2) is 24.3 Å². The van der Waals surface area contributed by atoms with Gasteiger partial charge in [0, 0.05) is 31.7 Å². The molecule has 0 atom stereocenters. The molecule has 1 aromatic carbocycles. The van der Waals surface area contributed by atoms with Crippen LogP contribution < -0.4 is 14.4 Å². The van der Waals surface area contributed by atoms with E-state index >= 15 is 0 Å². The van der Waals surface area contributed by atoms with Gasteiger partial charge in [-0.3, -0.25) is 4.79 Å². The second-order valence-electron chi connectivity index (χ2n) is 7.23. The fraction of sp³-hybridized carbons (Fsp3) is 0.476. The van der Waals surface area contributed by atoms with Crippen molar-refractivity contribution < 1.29 is 14.3 Å². The van der Waals surface area contributed by atoms with Crippen LogP contribution in [0, 0.1) is 0 Å². The van der Waals surface area contributed by atoms with E-state index < -0.39 is 0 Å². The highest BCUT2D eigenvalue weighted by molar-refractivity contribution is 5.95. The summed E-state index contributed by atoms with van der Waals surface area (Å²) in [5, 5.41) is 8.86. The third-order valence-electron chi connectivity index (χ3n) is 5.58. The second-order valence-corrected chi connectivity index (χ2v) is 7.23. The van der Waals surface area contributed by atoms with E-state index in [1.807, 2.05) is 4.90 Å². The molecule has 2 heterocycles. The van der Waals surface area contributed by atoms with Crippen molar-refractivity contribution >= 4 is 11.7 Å². The Balaban J connectivity index is 1.42. The average Bonchev–Trinajstić information content (AvgIpc) is 2.77. The van der Waals surface area contributed by atoms with Gasteiger partial charge in [0.15, 0.2) is 17.3 Å². The normalized spacial score (nSPS) is 16.5. The van der Waals surface area contributed by atoms with Crippen LogP contribution in [0.5, 0.6) is 11.5 Å². The summed E-state index contributed by atoms with van der Waals surface area (Å²) in [4.78, 5) is 17.0. The average molecular weight is 382 g/mol. The summed E-state index contributed by atoms with van der Waals surface area (Å²) >= 11 is 0. The minimum atomic E-state index is 0.0112. The minimum absolute atomic E-state index is 0.0112. The van der Waals surface area contributed by atoms with E-state index in [1.54, 1.807) is 32.4 Å². The summed E-state index contributed by atoms with van der Waals surface area (Å²) in [5.74, 6) is 2.13. The molecular formula is C21H26N4O3. The number of hydrogen-bond acceptors (Lipinski definition) is 6. The SMILES string of the molecule is COc1ccc(C(=O)N2CCN(c3cc4c(nn3)CCCC4)CC2)cc1OC. The maximum atomic E-state index is 12.9. The van der Waals surface area contributed by atoms with Crippen molar-refractivity contribution in [1.29, 1.82) is 0 Å².